The zero-order chi connectivity index (χ0) is 31.3. The van der Waals surface area contributed by atoms with E-state index in [0.717, 1.165) is 57.3 Å². The van der Waals surface area contributed by atoms with E-state index in [0.29, 0.717) is 18.1 Å². The SMILES string of the molecule is Cc1cc(O)cc(C)c1C[C@H](OC(N)=O)C(=O)N[C@@H](Cc1c[nH]c2ccccc12)c1nc(CC23CC4CC(CC(C4)C2)C3)no1. The average Bonchev–Trinajstić information content (AvgIpc) is 3.59. The fourth-order valence-corrected chi connectivity index (χ4v) is 9.11. The molecule has 2 amide bonds. The molecule has 0 spiro atoms. The Morgan fingerprint density at radius 2 is 1.76 bits per heavy atom. The summed E-state index contributed by atoms with van der Waals surface area (Å²) in [5.74, 6) is 3.07. The maximum absolute atomic E-state index is 13.9. The number of fused-ring (bicyclic) bond motifs is 1. The van der Waals surface area contributed by atoms with Crippen LogP contribution in [0.5, 0.6) is 5.75 Å². The van der Waals surface area contributed by atoms with Gasteiger partial charge in [0.25, 0.3) is 5.91 Å². The zero-order valence-corrected chi connectivity index (χ0v) is 25.8. The van der Waals surface area contributed by atoms with E-state index in [1.807, 2.05) is 44.3 Å². The first-order valence-electron chi connectivity index (χ1n) is 16.1. The third-order valence-electron chi connectivity index (χ3n) is 10.5. The highest BCUT2D eigenvalue weighted by molar-refractivity contribution is 5.85. The standard InChI is InChI=1S/C35H41N5O5/c1-19-7-25(41)8-20(2)27(19)13-30(44-34(36)43)32(42)38-29(12-24-18-37-28-6-4-3-5-26(24)28)33-39-31(40-45-33)17-35-14-21-9-22(15-35)11-23(10-21)16-35/h3-8,18,21-23,29-30,37,41H,9-17H2,1-2H3,(H2,36,43)(H,38,42)/t21?,22?,23?,29-,30-,35?/m0/s1. The maximum Gasteiger partial charge on any atom is 0.405 e. The molecule has 4 aliphatic rings. The molecule has 4 saturated carbocycles. The zero-order valence-electron chi connectivity index (χ0n) is 25.8. The summed E-state index contributed by atoms with van der Waals surface area (Å²) in [4.78, 5) is 34.0. The van der Waals surface area contributed by atoms with E-state index in [1.165, 1.54) is 38.5 Å². The van der Waals surface area contributed by atoms with Gasteiger partial charge in [0.2, 0.25) is 5.89 Å². The number of ether oxygens (including phenoxy) is 1. The monoisotopic (exact) mass is 611 g/mol. The predicted molar refractivity (Wildman–Crippen MR) is 167 cm³/mol. The second-order valence-corrected chi connectivity index (χ2v) is 14.0. The first-order valence-corrected chi connectivity index (χ1v) is 16.1. The number of carbonyl (C=O) groups is 2. The Kier molecular flexibility index (Phi) is 7.54. The van der Waals surface area contributed by atoms with Crippen LogP contribution in [0.4, 0.5) is 4.79 Å². The number of benzene rings is 2. The average molecular weight is 612 g/mol. The molecule has 4 aliphatic carbocycles. The van der Waals surface area contributed by atoms with Gasteiger partial charge in [0, 0.05) is 36.4 Å². The highest BCUT2D eigenvalue weighted by Gasteiger charge is 2.51. The number of hydrogen-bond donors (Lipinski definition) is 4. The van der Waals surface area contributed by atoms with E-state index >= 15 is 0 Å². The molecule has 0 radical (unpaired) electrons. The van der Waals surface area contributed by atoms with Crippen LogP contribution < -0.4 is 11.1 Å². The van der Waals surface area contributed by atoms with Crippen LogP contribution >= 0.6 is 0 Å². The highest BCUT2D eigenvalue weighted by Crippen LogP contribution is 2.60. The van der Waals surface area contributed by atoms with Gasteiger partial charge in [0.1, 0.15) is 11.8 Å². The Bertz CT molecular complexity index is 1680. The van der Waals surface area contributed by atoms with Crippen molar-refractivity contribution in [3.05, 3.63) is 76.6 Å². The Hall–Kier alpha value is -4.34. The van der Waals surface area contributed by atoms with E-state index in [9.17, 15) is 14.7 Å². The minimum atomic E-state index is -1.20. The summed E-state index contributed by atoms with van der Waals surface area (Å²) >= 11 is 0. The van der Waals surface area contributed by atoms with Crippen molar-refractivity contribution in [2.24, 2.45) is 28.9 Å². The third-order valence-corrected chi connectivity index (χ3v) is 10.5. The predicted octanol–water partition coefficient (Wildman–Crippen LogP) is 5.74. The molecule has 10 heteroatoms. The first-order chi connectivity index (χ1) is 21.6. The van der Waals surface area contributed by atoms with Gasteiger partial charge in [-0.3, -0.25) is 4.79 Å². The lowest BCUT2D eigenvalue weighted by Crippen LogP contribution is -2.47. The van der Waals surface area contributed by atoms with Crippen molar-refractivity contribution in [3.63, 3.8) is 0 Å². The minimum Gasteiger partial charge on any atom is -0.508 e. The fraction of sp³-hybridized carbons (Fsp3) is 0.486. The van der Waals surface area contributed by atoms with Gasteiger partial charge in [-0.15, -0.1) is 0 Å². The van der Waals surface area contributed by atoms with Gasteiger partial charge in [-0.05, 0) is 116 Å². The van der Waals surface area contributed by atoms with E-state index in [1.54, 1.807) is 12.1 Å². The van der Waals surface area contributed by atoms with Crippen molar-refractivity contribution in [2.75, 3.05) is 0 Å². The number of aryl methyl sites for hydroxylation is 2. The lowest BCUT2D eigenvalue weighted by atomic mass is 9.49. The van der Waals surface area contributed by atoms with Crippen LogP contribution in [0.3, 0.4) is 0 Å². The van der Waals surface area contributed by atoms with Crippen molar-refractivity contribution >= 4 is 22.9 Å². The number of carbonyl (C=O) groups excluding carboxylic acids is 2. The number of hydrogen-bond acceptors (Lipinski definition) is 7. The van der Waals surface area contributed by atoms with Gasteiger partial charge in [-0.1, -0.05) is 23.4 Å². The molecule has 2 atom stereocenters. The summed E-state index contributed by atoms with van der Waals surface area (Å²) in [6, 6.07) is 10.5. The number of aromatic nitrogens is 3. The van der Waals surface area contributed by atoms with Crippen LogP contribution in [0.1, 0.15) is 78.5 Å². The van der Waals surface area contributed by atoms with Crippen LogP contribution in [-0.2, 0) is 28.8 Å². The number of nitrogens with two attached hydrogens (primary N) is 1. The van der Waals surface area contributed by atoms with Crippen molar-refractivity contribution in [1.29, 1.82) is 0 Å². The number of aromatic amines is 1. The molecule has 0 saturated heterocycles. The number of H-pyrrole nitrogens is 1. The molecule has 10 nitrogen and oxygen atoms in total. The Morgan fingerprint density at radius 1 is 1.09 bits per heavy atom. The van der Waals surface area contributed by atoms with E-state index in [4.69, 9.17) is 20.0 Å². The number of para-hydroxylation sites is 1. The largest absolute Gasteiger partial charge is 0.508 e. The van der Waals surface area contributed by atoms with Gasteiger partial charge < -0.3 is 30.4 Å². The fourth-order valence-electron chi connectivity index (χ4n) is 9.11. The maximum atomic E-state index is 13.9. The van der Waals surface area contributed by atoms with Crippen molar-refractivity contribution in [2.45, 2.75) is 83.8 Å². The molecule has 2 aromatic heterocycles. The van der Waals surface area contributed by atoms with Gasteiger partial charge in [0.15, 0.2) is 11.9 Å². The molecular formula is C35H41N5O5. The summed E-state index contributed by atoms with van der Waals surface area (Å²) in [6.07, 6.45) is 8.76. The topological polar surface area (TPSA) is 156 Å². The highest BCUT2D eigenvalue weighted by atomic mass is 16.6. The van der Waals surface area contributed by atoms with E-state index in [2.05, 4.69) is 15.5 Å². The molecule has 45 heavy (non-hydrogen) atoms. The molecule has 2 heterocycles. The summed E-state index contributed by atoms with van der Waals surface area (Å²) in [7, 11) is 0. The van der Waals surface area contributed by atoms with Crippen LogP contribution in [0.15, 0.2) is 47.1 Å². The quantitative estimate of drug-likeness (QED) is 0.178. The summed E-state index contributed by atoms with van der Waals surface area (Å²) in [6.45, 7) is 3.68. The van der Waals surface area contributed by atoms with Crippen LogP contribution in [0.25, 0.3) is 10.9 Å². The number of primary amides is 1. The normalized spacial score (nSPS) is 24.9. The molecule has 236 valence electrons. The van der Waals surface area contributed by atoms with Crippen molar-refractivity contribution < 1.29 is 24.0 Å². The van der Waals surface area contributed by atoms with Crippen molar-refractivity contribution in [1.82, 2.24) is 20.4 Å². The van der Waals surface area contributed by atoms with Gasteiger partial charge in [-0.25, -0.2) is 4.79 Å². The van der Waals surface area contributed by atoms with Crippen LogP contribution in [0.2, 0.25) is 0 Å². The molecule has 4 aromatic rings. The van der Waals surface area contributed by atoms with Crippen molar-refractivity contribution in [3.8, 4) is 5.75 Å². The number of phenolic OH excluding ortho intramolecular Hbond substituents is 1. The molecular weight excluding hydrogens is 570 g/mol. The molecule has 0 unspecified atom stereocenters. The van der Waals surface area contributed by atoms with E-state index in [-0.39, 0.29) is 17.6 Å². The van der Waals surface area contributed by atoms with Crippen LogP contribution in [-0.4, -0.2) is 38.3 Å². The number of rotatable bonds is 10. The number of amides is 2. The summed E-state index contributed by atoms with van der Waals surface area (Å²) in [5.41, 5.74) is 9.97. The Morgan fingerprint density at radius 3 is 2.42 bits per heavy atom. The van der Waals surface area contributed by atoms with Crippen LogP contribution in [0, 0.1) is 37.0 Å². The van der Waals surface area contributed by atoms with Gasteiger partial charge >= 0.3 is 6.09 Å². The number of nitrogens with one attached hydrogen (secondary N) is 2. The molecule has 4 bridgehead atoms. The second kappa shape index (κ2) is 11.5. The third kappa shape index (κ3) is 6.02. The molecule has 4 fully saturated rings. The molecule has 2 aromatic carbocycles. The van der Waals surface area contributed by atoms with Gasteiger partial charge in [-0.2, -0.15) is 4.98 Å². The van der Waals surface area contributed by atoms with Gasteiger partial charge in [0.05, 0.1) is 0 Å². The number of aromatic hydroxyl groups is 1. The molecule has 5 N–H and O–H groups in total. The first kappa shape index (κ1) is 29.4. The summed E-state index contributed by atoms with van der Waals surface area (Å²) in [5, 5.41) is 18.5. The molecule has 0 aliphatic heterocycles. The number of nitrogens with zero attached hydrogens (tertiary/aromatic N) is 2. The number of phenols is 1. The lowest BCUT2D eigenvalue weighted by Gasteiger charge is -2.56. The Labute approximate surface area is 262 Å². The second-order valence-electron chi connectivity index (χ2n) is 14.0. The summed E-state index contributed by atoms with van der Waals surface area (Å²) < 4.78 is 11.2. The Balaban J connectivity index is 1.16. The smallest absolute Gasteiger partial charge is 0.405 e. The molecule has 8 rings (SSSR count). The van der Waals surface area contributed by atoms with E-state index < -0.39 is 24.1 Å². The minimum absolute atomic E-state index is 0.0909. The lowest BCUT2D eigenvalue weighted by molar-refractivity contribution is -0.130.